The van der Waals surface area contributed by atoms with Gasteiger partial charge in [0, 0.05) is 6.92 Å². The highest BCUT2D eigenvalue weighted by Crippen LogP contribution is 2.32. The summed E-state index contributed by atoms with van der Waals surface area (Å²) in [6, 6.07) is 5.26. The van der Waals surface area contributed by atoms with Crippen LogP contribution in [-0.4, -0.2) is 5.97 Å². The van der Waals surface area contributed by atoms with E-state index in [2.05, 4.69) is 0 Å². The summed E-state index contributed by atoms with van der Waals surface area (Å²) in [4.78, 5) is 10.7. The number of ether oxygens (including phenoxy) is 1. The SMILES string of the molecule is CC(=O)Oc1coc2c(Cl)cccc12. The summed E-state index contributed by atoms with van der Waals surface area (Å²) in [5, 5.41) is 1.20. The van der Waals surface area contributed by atoms with Gasteiger partial charge in [-0.05, 0) is 12.1 Å². The van der Waals surface area contributed by atoms with E-state index in [4.69, 9.17) is 20.8 Å². The fraction of sp³-hybridized carbons (Fsp3) is 0.100. The van der Waals surface area contributed by atoms with Crippen LogP contribution >= 0.6 is 11.6 Å². The minimum atomic E-state index is -0.382. The number of esters is 1. The highest BCUT2D eigenvalue weighted by molar-refractivity contribution is 6.35. The van der Waals surface area contributed by atoms with Crippen molar-refractivity contribution in [2.24, 2.45) is 0 Å². The molecule has 0 aliphatic rings. The minimum Gasteiger partial charge on any atom is -0.459 e. The van der Waals surface area contributed by atoms with E-state index in [1.165, 1.54) is 13.2 Å². The van der Waals surface area contributed by atoms with Gasteiger partial charge >= 0.3 is 5.97 Å². The number of halogens is 1. The van der Waals surface area contributed by atoms with Crippen LogP contribution in [0.4, 0.5) is 0 Å². The van der Waals surface area contributed by atoms with Gasteiger partial charge in [0.25, 0.3) is 0 Å². The molecule has 2 aromatic rings. The lowest BCUT2D eigenvalue weighted by molar-refractivity contribution is -0.131. The molecule has 0 aliphatic heterocycles. The van der Waals surface area contributed by atoms with Crippen molar-refractivity contribution in [1.82, 2.24) is 0 Å². The Morgan fingerprint density at radius 1 is 1.50 bits per heavy atom. The third kappa shape index (κ3) is 1.46. The van der Waals surface area contributed by atoms with Gasteiger partial charge in [-0.1, -0.05) is 17.7 Å². The normalized spacial score (nSPS) is 10.4. The molecular weight excluding hydrogens is 204 g/mol. The predicted molar refractivity (Wildman–Crippen MR) is 52.5 cm³/mol. The fourth-order valence-electron chi connectivity index (χ4n) is 1.23. The Labute approximate surface area is 85.2 Å². The Bertz CT molecular complexity index is 487. The maximum absolute atomic E-state index is 10.7. The van der Waals surface area contributed by atoms with Gasteiger partial charge < -0.3 is 9.15 Å². The Hall–Kier alpha value is -1.48. The van der Waals surface area contributed by atoms with E-state index in [0.717, 1.165) is 0 Å². The standard InChI is InChI=1S/C10H7ClO3/c1-6(12)14-9-5-13-10-7(9)3-2-4-8(10)11/h2-5H,1H3. The summed E-state index contributed by atoms with van der Waals surface area (Å²) in [6.07, 6.45) is 1.37. The van der Waals surface area contributed by atoms with Gasteiger partial charge in [-0.2, -0.15) is 0 Å². The first-order chi connectivity index (χ1) is 6.68. The molecule has 0 saturated heterocycles. The first-order valence-electron chi connectivity index (χ1n) is 4.02. The van der Waals surface area contributed by atoms with Gasteiger partial charge in [-0.15, -0.1) is 0 Å². The van der Waals surface area contributed by atoms with Crippen LogP contribution in [0.3, 0.4) is 0 Å². The van der Waals surface area contributed by atoms with Crippen molar-refractivity contribution in [3.05, 3.63) is 29.5 Å². The zero-order valence-electron chi connectivity index (χ0n) is 7.41. The molecule has 14 heavy (non-hydrogen) atoms. The van der Waals surface area contributed by atoms with Gasteiger partial charge in [0.2, 0.25) is 0 Å². The van der Waals surface area contributed by atoms with Gasteiger partial charge in [-0.25, -0.2) is 0 Å². The summed E-state index contributed by atoms with van der Waals surface area (Å²) < 4.78 is 10.1. The van der Waals surface area contributed by atoms with E-state index in [9.17, 15) is 4.79 Å². The number of benzene rings is 1. The Morgan fingerprint density at radius 2 is 2.29 bits per heavy atom. The largest absolute Gasteiger partial charge is 0.459 e. The van der Waals surface area contributed by atoms with Crippen molar-refractivity contribution in [3.8, 4) is 5.75 Å². The molecule has 0 saturated carbocycles. The van der Waals surface area contributed by atoms with Crippen molar-refractivity contribution in [3.63, 3.8) is 0 Å². The predicted octanol–water partition coefficient (Wildman–Crippen LogP) is 3.01. The Kier molecular flexibility index (Phi) is 2.17. The second kappa shape index (κ2) is 3.35. The highest BCUT2D eigenvalue weighted by Gasteiger charge is 2.10. The molecule has 1 heterocycles. The third-order valence-electron chi connectivity index (χ3n) is 1.77. The molecule has 0 bridgehead atoms. The quantitative estimate of drug-likeness (QED) is 0.680. The first kappa shape index (κ1) is 9.09. The maximum atomic E-state index is 10.7. The number of furan rings is 1. The van der Waals surface area contributed by atoms with Crippen LogP contribution in [0.25, 0.3) is 11.0 Å². The molecule has 0 fully saturated rings. The van der Waals surface area contributed by atoms with Crippen LogP contribution in [0.2, 0.25) is 5.02 Å². The molecule has 0 N–H and O–H groups in total. The zero-order chi connectivity index (χ0) is 10.1. The second-order valence-corrected chi connectivity index (χ2v) is 3.22. The molecule has 3 nitrogen and oxygen atoms in total. The zero-order valence-corrected chi connectivity index (χ0v) is 8.17. The number of carbonyl (C=O) groups excluding carboxylic acids is 1. The van der Waals surface area contributed by atoms with Crippen LogP contribution in [-0.2, 0) is 4.79 Å². The molecule has 0 spiro atoms. The van der Waals surface area contributed by atoms with Gasteiger partial charge in [-0.3, -0.25) is 4.79 Å². The number of fused-ring (bicyclic) bond motifs is 1. The molecule has 1 aromatic carbocycles. The van der Waals surface area contributed by atoms with Gasteiger partial charge in [0.05, 0.1) is 10.4 Å². The summed E-state index contributed by atoms with van der Waals surface area (Å²) >= 11 is 5.87. The third-order valence-corrected chi connectivity index (χ3v) is 2.07. The maximum Gasteiger partial charge on any atom is 0.308 e. The lowest BCUT2D eigenvalue weighted by atomic mass is 10.2. The number of carbonyl (C=O) groups is 1. The average Bonchev–Trinajstić information content (AvgIpc) is 2.49. The van der Waals surface area contributed by atoms with Crippen LogP contribution in [0.5, 0.6) is 5.75 Å². The van der Waals surface area contributed by atoms with Crippen LogP contribution < -0.4 is 4.74 Å². The topological polar surface area (TPSA) is 39.4 Å². The molecule has 0 amide bonds. The van der Waals surface area contributed by atoms with E-state index in [1.807, 2.05) is 0 Å². The van der Waals surface area contributed by atoms with Crippen LogP contribution in [0.1, 0.15) is 6.92 Å². The molecule has 2 rings (SSSR count). The Balaban J connectivity index is 2.58. The molecule has 0 aliphatic carbocycles. The summed E-state index contributed by atoms with van der Waals surface area (Å²) in [6.45, 7) is 1.34. The monoisotopic (exact) mass is 210 g/mol. The van der Waals surface area contributed by atoms with E-state index in [-0.39, 0.29) is 5.97 Å². The molecular formula is C10H7ClO3. The van der Waals surface area contributed by atoms with E-state index in [0.29, 0.717) is 21.7 Å². The average molecular weight is 211 g/mol. The molecule has 0 atom stereocenters. The lowest BCUT2D eigenvalue weighted by Gasteiger charge is -1.96. The molecule has 0 radical (unpaired) electrons. The number of hydrogen-bond acceptors (Lipinski definition) is 3. The molecule has 0 unspecified atom stereocenters. The van der Waals surface area contributed by atoms with Crippen LogP contribution in [0, 0.1) is 0 Å². The van der Waals surface area contributed by atoms with Crippen molar-refractivity contribution < 1.29 is 13.9 Å². The smallest absolute Gasteiger partial charge is 0.308 e. The van der Waals surface area contributed by atoms with Crippen molar-refractivity contribution in [1.29, 1.82) is 0 Å². The summed E-state index contributed by atoms with van der Waals surface area (Å²) in [5.41, 5.74) is 0.533. The van der Waals surface area contributed by atoms with E-state index < -0.39 is 0 Å². The molecule has 72 valence electrons. The number of rotatable bonds is 1. The molecule has 1 aromatic heterocycles. The minimum absolute atomic E-state index is 0.382. The Morgan fingerprint density at radius 3 is 3.00 bits per heavy atom. The van der Waals surface area contributed by atoms with Crippen molar-refractivity contribution in [2.75, 3.05) is 0 Å². The van der Waals surface area contributed by atoms with Crippen molar-refractivity contribution >= 4 is 28.5 Å². The second-order valence-electron chi connectivity index (χ2n) is 2.81. The van der Waals surface area contributed by atoms with E-state index in [1.54, 1.807) is 18.2 Å². The summed E-state index contributed by atoms with van der Waals surface area (Å²) in [7, 11) is 0. The molecule has 4 heteroatoms. The number of para-hydroxylation sites is 1. The lowest BCUT2D eigenvalue weighted by Crippen LogP contribution is -2.00. The summed E-state index contributed by atoms with van der Waals surface area (Å²) in [5.74, 6) is 0.0164. The van der Waals surface area contributed by atoms with E-state index >= 15 is 0 Å². The first-order valence-corrected chi connectivity index (χ1v) is 4.40. The van der Waals surface area contributed by atoms with Crippen LogP contribution in [0.15, 0.2) is 28.9 Å². The number of hydrogen-bond donors (Lipinski definition) is 0. The fourth-order valence-corrected chi connectivity index (χ4v) is 1.45. The van der Waals surface area contributed by atoms with Gasteiger partial charge in [0.1, 0.15) is 6.26 Å². The highest BCUT2D eigenvalue weighted by atomic mass is 35.5. The van der Waals surface area contributed by atoms with Crippen molar-refractivity contribution in [2.45, 2.75) is 6.92 Å². The van der Waals surface area contributed by atoms with Gasteiger partial charge in [0.15, 0.2) is 11.3 Å².